The molecule has 0 aliphatic rings. The van der Waals surface area contributed by atoms with Gasteiger partial charge < -0.3 is 14.4 Å². The predicted octanol–water partition coefficient (Wildman–Crippen LogP) is 4.63. The monoisotopic (exact) mass is 430 g/mol. The van der Waals surface area contributed by atoms with Crippen molar-refractivity contribution < 1.29 is 19.5 Å². The Kier molecular flexibility index (Phi) is 5.87. The van der Waals surface area contributed by atoms with Crippen LogP contribution in [0.5, 0.6) is 17.2 Å². The van der Waals surface area contributed by atoms with Crippen LogP contribution in [0, 0.1) is 6.92 Å². The Balaban J connectivity index is 1.69. The predicted molar refractivity (Wildman–Crippen MR) is 121 cm³/mol. The number of carbonyl (C=O) groups is 1. The molecule has 0 unspecified atom stereocenters. The van der Waals surface area contributed by atoms with Gasteiger partial charge in [-0.1, -0.05) is 12.1 Å². The molecule has 8 nitrogen and oxygen atoms in total. The quantitative estimate of drug-likeness (QED) is 0.340. The van der Waals surface area contributed by atoms with Gasteiger partial charge in [0.05, 0.1) is 12.6 Å². The minimum Gasteiger partial charge on any atom is -0.493 e. The van der Waals surface area contributed by atoms with Gasteiger partial charge in [0.2, 0.25) is 0 Å². The lowest BCUT2D eigenvalue weighted by Crippen LogP contribution is -2.18. The van der Waals surface area contributed by atoms with Crippen LogP contribution in [0.3, 0.4) is 0 Å². The van der Waals surface area contributed by atoms with Crippen molar-refractivity contribution in [2.75, 3.05) is 19.1 Å². The average molecular weight is 430 g/mol. The van der Waals surface area contributed by atoms with Gasteiger partial charge in [-0.15, -0.1) is 0 Å². The maximum atomic E-state index is 11.5. The van der Waals surface area contributed by atoms with E-state index in [1.165, 1.54) is 0 Å². The number of nitrogens with one attached hydrogen (secondary N) is 1. The minimum absolute atomic E-state index is 0.311. The number of nitrogens with zero attached hydrogens (tertiary/aromatic N) is 3. The third-order valence-corrected chi connectivity index (χ3v) is 4.99. The van der Waals surface area contributed by atoms with Gasteiger partial charge in [-0.05, 0) is 55.5 Å². The molecule has 2 N–H and O–H groups in total. The molecule has 0 fully saturated rings. The molecule has 0 spiro atoms. The molecule has 8 heteroatoms. The number of fused-ring (bicyclic) bond motifs is 1. The van der Waals surface area contributed by atoms with E-state index in [2.05, 4.69) is 9.97 Å². The molecule has 162 valence electrons. The summed E-state index contributed by atoms with van der Waals surface area (Å²) in [5.41, 5.74) is 3.64. The largest absolute Gasteiger partial charge is 0.493 e. The van der Waals surface area contributed by atoms with Crippen molar-refractivity contribution in [3.05, 3.63) is 78.1 Å². The number of aromatic nitrogens is 2. The molecule has 0 radical (unpaired) electrons. The zero-order valence-electron chi connectivity index (χ0n) is 17.9. The molecule has 0 saturated heterocycles. The number of rotatable bonds is 6. The lowest BCUT2D eigenvalue weighted by atomic mass is 10.2. The van der Waals surface area contributed by atoms with Crippen molar-refractivity contribution in [3.63, 3.8) is 0 Å². The summed E-state index contributed by atoms with van der Waals surface area (Å²) in [4.78, 5) is 22.7. The first kappa shape index (κ1) is 21.1. The zero-order valence-corrected chi connectivity index (χ0v) is 17.9. The van der Waals surface area contributed by atoms with Crippen molar-refractivity contribution in [2.45, 2.75) is 6.92 Å². The summed E-state index contributed by atoms with van der Waals surface area (Å²) in [5.74, 6) is 2.45. The Hall–Kier alpha value is -4.17. The number of anilines is 2. The summed E-state index contributed by atoms with van der Waals surface area (Å²) in [6, 6.07) is 19.9. The Labute approximate surface area is 185 Å². The maximum Gasteiger partial charge on any atom is 0.274 e. The second-order valence-electron chi connectivity index (χ2n) is 7.07. The molecule has 1 amide bonds. The number of hydrogen-bond donors (Lipinski definition) is 2. The molecule has 0 bridgehead atoms. The lowest BCUT2D eigenvalue weighted by molar-refractivity contribution is 0.0706. The lowest BCUT2D eigenvalue weighted by Gasteiger charge is -2.22. The van der Waals surface area contributed by atoms with E-state index in [9.17, 15) is 4.79 Å². The standard InChI is InChI=1S/C24H22N4O4/c1-15-25-20-7-5-4-6-19(20)23(26-15)28(2)17-10-13-21(31-3)22(14-17)32-18-11-8-16(9-12-18)24(29)27-30/h4-14,30H,1-3H3,(H,27,29). The number of para-hydroxylation sites is 1. The highest BCUT2D eigenvalue weighted by atomic mass is 16.5. The van der Waals surface area contributed by atoms with Crippen LogP contribution in [0.1, 0.15) is 16.2 Å². The van der Waals surface area contributed by atoms with E-state index in [1.54, 1.807) is 36.9 Å². The van der Waals surface area contributed by atoms with E-state index in [-0.39, 0.29) is 0 Å². The highest BCUT2D eigenvalue weighted by molar-refractivity contribution is 5.93. The van der Waals surface area contributed by atoms with Crippen molar-refractivity contribution in [3.8, 4) is 17.2 Å². The number of hydroxylamine groups is 1. The molecule has 0 aliphatic carbocycles. The van der Waals surface area contributed by atoms with Crippen LogP contribution in [0.4, 0.5) is 11.5 Å². The molecule has 0 aliphatic heterocycles. The van der Waals surface area contributed by atoms with Crippen molar-refractivity contribution in [2.24, 2.45) is 0 Å². The number of ether oxygens (including phenoxy) is 2. The molecule has 4 rings (SSSR count). The van der Waals surface area contributed by atoms with E-state index in [0.29, 0.717) is 28.6 Å². The molecule has 0 saturated carbocycles. The number of hydrogen-bond acceptors (Lipinski definition) is 7. The first-order chi connectivity index (χ1) is 15.5. The summed E-state index contributed by atoms with van der Waals surface area (Å²) >= 11 is 0. The molecule has 32 heavy (non-hydrogen) atoms. The summed E-state index contributed by atoms with van der Waals surface area (Å²) in [6.45, 7) is 1.87. The third-order valence-electron chi connectivity index (χ3n) is 4.99. The Morgan fingerprint density at radius 1 is 1.00 bits per heavy atom. The fourth-order valence-electron chi connectivity index (χ4n) is 3.37. The number of amides is 1. The van der Waals surface area contributed by atoms with Crippen LogP contribution >= 0.6 is 0 Å². The van der Waals surface area contributed by atoms with Crippen LogP contribution in [0.2, 0.25) is 0 Å². The van der Waals surface area contributed by atoms with Crippen LogP contribution in [-0.4, -0.2) is 35.2 Å². The Morgan fingerprint density at radius 2 is 1.75 bits per heavy atom. The second kappa shape index (κ2) is 8.91. The van der Waals surface area contributed by atoms with Gasteiger partial charge in [-0.25, -0.2) is 15.4 Å². The highest BCUT2D eigenvalue weighted by Crippen LogP contribution is 2.37. The fourth-order valence-corrected chi connectivity index (χ4v) is 3.37. The van der Waals surface area contributed by atoms with E-state index in [1.807, 2.05) is 61.3 Å². The van der Waals surface area contributed by atoms with E-state index in [4.69, 9.17) is 14.7 Å². The van der Waals surface area contributed by atoms with Gasteiger partial charge in [0.25, 0.3) is 5.91 Å². The molecular formula is C24H22N4O4. The smallest absolute Gasteiger partial charge is 0.274 e. The van der Waals surface area contributed by atoms with E-state index in [0.717, 1.165) is 22.4 Å². The first-order valence-corrected chi connectivity index (χ1v) is 9.87. The summed E-state index contributed by atoms with van der Waals surface area (Å²) in [5, 5.41) is 9.70. The van der Waals surface area contributed by atoms with Gasteiger partial charge in [0.15, 0.2) is 11.5 Å². The SMILES string of the molecule is COc1ccc(N(C)c2nc(C)nc3ccccc23)cc1Oc1ccc(C(=O)NO)cc1. The molecule has 3 aromatic carbocycles. The summed E-state index contributed by atoms with van der Waals surface area (Å²) in [7, 11) is 3.50. The first-order valence-electron chi connectivity index (χ1n) is 9.87. The van der Waals surface area contributed by atoms with Gasteiger partial charge in [-0.3, -0.25) is 10.0 Å². The fraction of sp³-hybridized carbons (Fsp3) is 0.125. The minimum atomic E-state index is -0.592. The van der Waals surface area contributed by atoms with Crippen molar-refractivity contribution in [1.82, 2.24) is 15.4 Å². The number of aryl methyl sites for hydroxylation is 1. The summed E-state index contributed by atoms with van der Waals surface area (Å²) in [6.07, 6.45) is 0. The number of methoxy groups -OCH3 is 1. The molecule has 4 aromatic rings. The Morgan fingerprint density at radius 3 is 2.47 bits per heavy atom. The maximum absolute atomic E-state index is 11.5. The summed E-state index contributed by atoms with van der Waals surface area (Å²) < 4.78 is 11.5. The average Bonchev–Trinajstić information content (AvgIpc) is 2.83. The van der Waals surface area contributed by atoms with Crippen LogP contribution in [-0.2, 0) is 0 Å². The topological polar surface area (TPSA) is 96.8 Å². The second-order valence-corrected chi connectivity index (χ2v) is 7.07. The normalized spacial score (nSPS) is 10.6. The Bertz CT molecular complexity index is 1270. The van der Waals surface area contributed by atoms with Crippen molar-refractivity contribution >= 4 is 28.3 Å². The van der Waals surface area contributed by atoms with Gasteiger partial charge in [-0.2, -0.15) is 0 Å². The molecule has 0 atom stereocenters. The van der Waals surface area contributed by atoms with Gasteiger partial charge >= 0.3 is 0 Å². The molecule has 1 aromatic heterocycles. The molecule has 1 heterocycles. The van der Waals surface area contributed by atoms with Crippen LogP contribution in [0.25, 0.3) is 10.9 Å². The van der Waals surface area contributed by atoms with Crippen LogP contribution in [0.15, 0.2) is 66.7 Å². The van der Waals surface area contributed by atoms with Gasteiger partial charge in [0, 0.05) is 29.8 Å². The molecular weight excluding hydrogens is 408 g/mol. The van der Waals surface area contributed by atoms with E-state index >= 15 is 0 Å². The van der Waals surface area contributed by atoms with Gasteiger partial charge in [0.1, 0.15) is 17.4 Å². The van der Waals surface area contributed by atoms with Crippen LogP contribution < -0.4 is 19.9 Å². The third kappa shape index (κ3) is 4.17. The number of carbonyl (C=O) groups excluding carboxylic acids is 1. The van der Waals surface area contributed by atoms with Crippen molar-refractivity contribution in [1.29, 1.82) is 0 Å². The van der Waals surface area contributed by atoms with E-state index < -0.39 is 5.91 Å². The zero-order chi connectivity index (χ0) is 22.7. The number of benzene rings is 3. The highest BCUT2D eigenvalue weighted by Gasteiger charge is 2.15.